The number of aryl methyl sites for hydroxylation is 1. The van der Waals surface area contributed by atoms with E-state index in [0.717, 1.165) is 31.9 Å². The normalized spacial score (nSPS) is 15.3. The molecule has 2 aromatic rings. The van der Waals surface area contributed by atoms with Crippen molar-refractivity contribution in [3.8, 4) is 0 Å². The van der Waals surface area contributed by atoms with Gasteiger partial charge in [0.2, 0.25) is 0 Å². The fourth-order valence-corrected chi connectivity index (χ4v) is 2.66. The summed E-state index contributed by atoms with van der Waals surface area (Å²) in [6.45, 7) is 4.53. The summed E-state index contributed by atoms with van der Waals surface area (Å²) in [6, 6.07) is 6.89. The van der Waals surface area contributed by atoms with Gasteiger partial charge in [0.1, 0.15) is 0 Å². The van der Waals surface area contributed by atoms with Crippen LogP contribution in [-0.2, 0) is 31.4 Å². The van der Waals surface area contributed by atoms with Crippen molar-refractivity contribution in [2.75, 3.05) is 6.54 Å². The quantitative estimate of drug-likeness (QED) is 0.901. The van der Waals surface area contributed by atoms with E-state index in [1.807, 2.05) is 13.2 Å². The average molecular weight is 272 g/mol. The molecule has 5 nitrogen and oxygen atoms in total. The van der Waals surface area contributed by atoms with Gasteiger partial charge in [-0.3, -0.25) is 4.68 Å². The van der Waals surface area contributed by atoms with Crippen molar-refractivity contribution in [3.05, 3.63) is 46.8 Å². The van der Waals surface area contributed by atoms with Crippen molar-refractivity contribution in [3.63, 3.8) is 0 Å². The van der Waals surface area contributed by atoms with E-state index in [4.69, 9.17) is 4.74 Å². The van der Waals surface area contributed by atoms with Gasteiger partial charge in [-0.15, -0.1) is 5.10 Å². The van der Waals surface area contributed by atoms with Crippen LogP contribution in [0, 0.1) is 0 Å². The Kier molecular flexibility index (Phi) is 3.80. The number of hydrogen-bond acceptors (Lipinski definition) is 4. The first-order chi connectivity index (χ1) is 9.76. The molecule has 1 aromatic carbocycles. The van der Waals surface area contributed by atoms with Crippen LogP contribution in [0.3, 0.4) is 0 Å². The fraction of sp³-hybridized carbons (Fsp3) is 0.467. The van der Waals surface area contributed by atoms with Crippen LogP contribution in [0.4, 0.5) is 0 Å². The van der Waals surface area contributed by atoms with Gasteiger partial charge in [-0.2, -0.15) is 0 Å². The highest BCUT2D eigenvalue weighted by Gasteiger charge is 2.17. The van der Waals surface area contributed by atoms with Gasteiger partial charge in [0, 0.05) is 25.7 Å². The van der Waals surface area contributed by atoms with Gasteiger partial charge in [-0.25, -0.2) is 0 Å². The zero-order chi connectivity index (χ0) is 13.9. The number of fused-ring (bicyclic) bond motifs is 1. The third kappa shape index (κ3) is 2.73. The van der Waals surface area contributed by atoms with E-state index in [0.29, 0.717) is 0 Å². The standard InChI is InChI=1S/C15H20N4O/c1-3-16-15(7-14-8-19(2)18-17-14)11-4-5-12-9-20-10-13(12)6-11/h4-6,8,15-16H,3,7,9-10H2,1-2H3. The molecule has 1 atom stereocenters. The molecule has 3 rings (SSSR count). The minimum Gasteiger partial charge on any atom is -0.372 e. The minimum atomic E-state index is 0.266. The van der Waals surface area contributed by atoms with E-state index >= 15 is 0 Å². The Labute approximate surface area is 118 Å². The van der Waals surface area contributed by atoms with E-state index in [-0.39, 0.29) is 6.04 Å². The molecule has 0 aliphatic carbocycles. The summed E-state index contributed by atoms with van der Waals surface area (Å²) in [5.74, 6) is 0. The van der Waals surface area contributed by atoms with Gasteiger partial charge in [-0.1, -0.05) is 30.3 Å². The lowest BCUT2D eigenvalue weighted by atomic mass is 9.98. The summed E-state index contributed by atoms with van der Waals surface area (Å²) in [7, 11) is 1.89. The second-order valence-electron chi connectivity index (χ2n) is 5.22. The highest BCUT2D eigenvalue weighted by Crippen LogP contribution is 2.25. The van der Waals surface area contributed by atoms with Gasteiger partial charge in [0.25, 0.3) is 0 Å². The van der Waals surface area contributed by atoms with E-state index in [1.165, 1.54) is 16.7 Å². The SMILES string of the molecule is CCNC(Cc1cn(C)nn1)c1ccc2c(c1)COC2. The van der Waals surface area contributed by atoms with Gasteiger partial charge in [0.05, 0.1) is 18.9 Å². The first-order valence-electron chi connectivity index (χ1n) is 7.04. The summed E-state index contributed by atoms with van der Waals surface area (Å²) in [6.07, 6.45) is 2.82. The van der Waals surface area contributed by atoms with Crippen LogP contribution < -0.4 is 5.32 Å². The van der Waals surface area contributed by atoms with Crippen molar-refractivity contribution < 1.29 is 4.74 Å². The molecule has 5 heteroatoms. The molecule has 20 heavy (non-hydrogen) atoms. The largest absolute Gasteiger partial charge is 0.372 e. The molecule has 106 valence electrons. The summed E-state index contributed by atoms with van der Waals surface area (Å²) in [5.41, 5.74) is 4.92. The Morgan fingerprint density at radius 3 is 2.95 bits per heavy atom. The van der Waals surface area contributed by atoms with Crippen molar-refractivity contribution in [2.24, 2.45) is 7.05 Å². The van der Waals surface area contributed by atoms with Crippen molar-refractivity contribution in [1.82, 2.24) is 20.3 Å². The van der Waals surface area contributed by atoms with Crippen LogP contribution in [0.15, 0.2) is 24.4 Å². The molecule has 2 heterocycles. The maximum atomic E-state index is 5.49. The minimum absolute atomic E-state index is 0.266. The fourth-order valence-electron chi connectivity index (χ4n) is 2.66. The third-order valence-corrected chi connectivity index (χ3v) is 3.66. The van der Waals surface area contributed by atoms with Crippen LogP contribution in [0.25, 0.3) is 0 Å². The highest BCUT2D eigenvalue weighted by molar-refractivity contribution is 5.35. The second kappa shape index (κ2) is 5.73. The number of hydrogen-bond donors (Lipinski definition) is 1. The Bertz CT molecular complexity index is 593. The van der Waals surface area contributed by atoms with E-state index in [2.05, 4.69) is 40.8 Å². The molecule has 1 aliphatic heterocycles. The van der Waals surface area contributed by atoms with Gasteiger partial charge >= 0.3 is 0 Å². The maximum Gasteiger partial charge on any atom is 0.0845 e. The molecule has 1 N–H and O–H groups in total. The lowest BCUT2D eigenvalue weighted by Gasteiger charge is -2.18. The van der Waals surface area contributed by atoms with Crippen LogP contribution in [-0.4, -0.2) is 21.5 Å². The van der Waals surface area contributed by atoms with E-state index < -0.39 is 0 Å². The van der Waals surface area contributed by atoms with Gasteiger partial charge in [-0.05, 0) is 23.2 Å². The van der Waals surface area contributed by atoms with Crippen LogP contribution in [0.5, 0.6) is 0 Å². The number of nitrogens with one attached hydrogen (secondary N) is 1. The number of nitrogens with zero attached hydrogens (tertiary/aromatic N) is 3. The average Bonchev–Trinajstić information content (AvgIpc) is 3.06. The monoisotopic (exact) mass is 272 g/mol. The first kappa shape index (κ1) is 13.3. The van der Waals surface area contributed by atoms with Crippen LogP contribution in [0.2, 0.25) is 0 Å². The van der Waals surface area contributed by atoms with Crippen molar-refractivity contribution in [1.29, 1.82) is 0 Å². The number of aromatic nitrogens is 3. The van der Waals surface area contributed by atoms with Crippen molar-refractivity contribution in [2.45, 2.75) is 32.6 Å². The molecule has 0 saturated carbocycles. The number of ether oxygens (including phenoxy) is 1. The molecule has 0 radical (unpaired) electrons. The first-order valence-corrected chi connectivity index (χ1v) is 7.04. The summed E-state index contributed by atoms with van der Waals surface area (Å²) >= 11 is 0. The predicted octanol–water partition coefficient (Wildman–Crippen LogP) is 1.74. The number of benzene rings is 1. The Morgan fingerprint density at radius 1 is 1.35 bits per heavy atom. The lowest BCUT2D eigenvalue weighted by Crippen LogP contribution is -2.23. The molecule has 1 aliphatic rings. The molecule has 0 spiro atoms. The summed E-state index contributed by atoms with van der Waals surface area (Å²) in [5, 5.41) is 11.7. The van der Waals surface area contributed by atoms with Crippen LogP contribution in [0.1, 0.15) is 35.3 Å². The second-order valence-corrected chi connectivity index (χ2v) is 5.22. The molecule has 1 aromatic heterocycles. The third-order valence-electron chi connectivity index (χ3n) is 3.66. The molecule has 0 saturated heterocycles. The molecule has 0 fully saturated rings. The Balaban J connectivity index is 1.82. The topological polar surface area (TPSA) is 52.0 Å². The number of rotatable bonds is 5. The van der Waals surface area contributed by atoms with Crippen molar-refractivity contribution >= 4 is 0 Å². The Morgan fingerprint density at radius 2 is 2.20 bits per heavy atom. The predicted molar refractivity (Wildman–Crippen MR) is 76.1 cm³/mol. The smallest absolute Gasteiger partial charge is 0.0845 e. The molecule has 0 bridgehead atoms. The zero-order valence-electron chi connectivity index (χ0n) is 12.0. The Hall–Kier alpha value is -1.72. The molecule has 0 amide bonds. The molecule has 1 unspecified atom stereocenters. The van der Waals surface area contributed by atoms with Gasteiger partial charge < -0.3 is 10.1 Å². The van der Waals surface area contributed by atoms with E-state index in [9.17, 15) is 0 Å². The van der Waals surface area contributed by atoms with E-state index in [1.54, 1.807) is 4.68 Å². The summed E-state index contributed by atoms with van der Waals surface area (Å²) in [4.78, 5) is 0. The number of likely N-dealkylation sites (N-methyl/N-ethyl adjacent to an activating group) is 1. The maximum absolute atomic E-state index is 5.49. The van der Waals surface area contributed by atoms with Gasteiger partial charge in [0.15, 0.2) is 0 Å². The lowest BCUT2D eigenvalue weighted by molar-refractivity contribution is 0.134. The molecular formula is C15H20N4O. The van der Waals surface area contributed by atoms with Crippen LogP contribution >= 0.6 is 0 Å². The summed E-state index contributed by atoms with van der Waals surface area (Å²) < 4.78 is 7.23. The zero-order valence-corrected chi connectivity index (χ0v) is 12.0. The highest BCUT2D eigenvalue weighted by atomic mass is 16.5. The molecular weight excluding hydrogens is 252 g/mol.